The molecular weight excluding hydrogens is 256 g/mol. The van der Waals surface area contributed by atoms with Gasteiger partial charge in [-0.2, -0.15) is 0 Å². The molecule has 0 aliphatic heterocycles. The Balaban J connectivity index is 1.44. The summed E-state index contributed by atoms with van der Waals surface area (Å²) in [6.45, 7) is 2.23. The van der Waals surface area contributed by atoms with Gasteiger partial charge in [0.25, 0.3) is 0 Å². The second-order valence-corrected chi connectivity index (χ2v) is 7.00. The molecule has 0 amide bonds. The first kappa shape index (κ1) is 15.1. The molecule has 0 bridgehead atoms. The second-order valence-electron chi connectivity index (χ2n) is 7.00. The van der Waals surface area contributed by atoms with Gasteiger partial charge in [-0.25, -0.2) is 0 Å². The highest BCUT2D eigenvalue weighted by Crippen LogP contribution is 2.23. The largest absolute Gasteiger partial charge is 0.314 e. The standard InChI is InChI=1S/C19H30N2/c1-21(19-5-3-2-4-6-19)15-17-9-7-16(8-10-17)13-14-20-18-11-12-18/h7-10,18-20H,2-6,11-15H2,1H3. The first-order chi connectivity index (χ1) is 10.3. The van der Waals surface area contributed by atoms with Crippen LogP contribution in [-0.4, -0.2) is 30.6 Å². The van der Waals surface area contributed by atoms with Gasteiger partial charge in [-0.1, -0.05) is 43.5 Å². The summed E-state index contributed by atoms with van der Waals surface area (Å²) in [5.41, 5.74) is 2.93. The van der Waals surface area contributed by atoms with Crippen molar-refractivity contribution in [1.29, 1.82) is 0 Å². The molecule has 1 N–H and O–H groups in total. The zero-order valence-corrected chi connectivity index (χ0v) is 13.5. The Kier molecular flexibility index (Phi) is 5.32. The van der Waals surface area contributed by atoms with Crippen LogP contribution in [0.15, 0.2) is 24.3 Å². The van der Waals surface area contributed by atoms with Crippen molar-refractivity contribution in [2.75, 3.05) is 13.6 Å². The highest BCUT2D eigenvalue weighted by Gasteiger charge is 2.19. The lowest BCUT2D eigenvalue weighted by Gasteiger charge is -2.31. The van der Waals surface area contributed by atoms with Gasteiger partial charge in [-0.3, -0.25) is 4.90 Å². The van der Waals surface area contributed by atoms with E-state index in [9.17, 15) is 0 Å². The molecule has 1 aromatic rings. The van der Waals surface area contributed by atoms with E-state index in [4.69, 9.17) is 0 Å². The van der Waals surface area contributed by atoms with Crippen LogP contribution in [0.3, 0.4) is 0 Å². The molecular formula is C19H30N2. The fourth-order valence-electron chi connectivity index (χ4n) is 3.46. The van der Waals surface area contributed by atoms with E-state index >= 15 is 0 Å². The molecule has 3 rings (SSSR count). The summed E-state index contributed by atoms with van der Waals surface area (Å²) >= 11 is 0. The molecule has 21 heavy (non-hydrogen) atoms. The molecule has 1 aromatic carbocycles. The molecule has 0 unspecified atom stereocenters. The highest BCUT2D eigenvalue weighted by molar-refractivity contribution is 5.22. The van der Waals surface area contributed by atoms with Gasteiger partial charge in [0.15, 0.2) is 0 Å². The van der Waals surface area contributed by atoms with Crippen LogP contribution in [0.5, 0.6) is 0 Å². The average Bonchev–Trinajstić information content (AvgIpc) is 3.34. The smallest absolute Gasteiger partial charge is 0.0233 e. The Morgan fingerprint density at radius 2 is 1.62 bits per heavy atom. The van der Waals surface area contributed by atoms with Crippen molar-refractivity contribution >= 4 is 0 Å². The molecule has 0 heterocycles. The van der Waals surface area contributed by atoms with Gasteiger partial charge in [-0.05, 0) is 56.8 Å². The minimum atomic E-state index is 0.807. The molecule has 2 fully saturated rings. The van der Waals surface area contributed by atoms with Crippen LogP contribution in [-0.2, 0) is 13.0 Å². The Morgan fingerprint density at radius 1 is 0.952 bits per heavy atom. The van der Waals surface area contributed by atoms with Gasteiger partial charge in [0.2, 0.25) is 0 Å². The lowest BCUT2D eigenvalue weighted by Crippen LogP contribution is -2.32. The molecule has 0 saturated heterocycles. The van der Waals surface area contributed by atoms with Crippen molar-refractivity contribution in [2.45, 2.75) is 70.0 Å². The topological polar surface area (TPSA) is 15.3 Å². The monoisotopic (exact) mass is 286 g/mol. The third kappa shape index (κ3) is 4.82. The fraction of sp³-hybridized carbons (Fsp3) is 0.684. The van der Waals surface area contributed by atoms with Crippen LogP contribution in [0, 0.1) is 0 Å². The summed E-state index contributed by atoms with van der Waals surface area (Å²) in [6, 6.07) is 10.9. The summed E-state index contributed by atoms with van der Waals surface area (Å²) in [6.07, 6.45) is 11.0. The van der Waals surface area contributed by atoms with Crippen LogP contribution in [0.4, 0.5) is 0 Å². The summed E-state index contributed by atoms with van der Waals surface area (Å²) < 4.78 is 0. The van der Waals surface area contributed by atoms with Crippen molar-refractivity contribution in [2.24, 2.45) is 0 Å². The van der Waals surface area contributed by atoms with E-state index in [1.807, 2.05) is 0 Å². The first-order valence-corrected chi connectivity index (χ1v) is 8.83. The molecule has 2 saturated carbocycles. The zero-order valence-electron chi connectivity index (χ0n) is 13.5. The lowest BCUT2D eigenvalue weighted by molar-refractivity contribution is 0.184. The van der Waals surface area contributed by atoms with Gasteiger partial charge >= 0.3 is 0 Å². The van der Waals surface area contributed by atoms with Gasteiger partial charge in [0, 0.05) is 18.6 Å². The maximum absolute atomic E-state index is 3.59. The molecule has 2 aliphatic carbocycles. The third-order valence-electron chi connectivity index (χ3n) is 5.08. The molecule has 0 aromatic heterocycles. The van der Waals surface area contributed by atoms with E-state index in [0.29, 0.717) is 0 Å². The fourth-order valence-corrected chi connectivity index (χ4v) is 3.46. The minimum Gasteiger partial charge on any atom is -0.314 e. The Morgan fingerprint density at radius 3 is 2.29 bits per heavy atom. The van der Waals surface area contributed by atoms with Gasteiger partial charge in [0.05, 0.1) is 0 Å². The van der Waals surface area contributed by atoms with Crippen LogP contribution in [0.25, 0.3) is 0 Å². The van der Waals surface area contributed by atoms with Crippen molar-refractivity contribution in [1.82, 2.24) is 10.2 Å². The van der Waals surface area contributed by atoms with Crippen LogP contribution in [0.2, 0.25) is 0 Å². The van der Waals surface area contributed by atoms with E-state index in [1.54, 1.807) is 0 Å². The quantitative estimate of drug-likeness (QED) is 0.821. The molecule has 2 heteroatoms. The number of rotatable bonds is 7. The first-order valence-electron chi connectivity index (χ1n) is 8.83. The predicted octanol–water partition coefficient (Wildman–Crippen LogP) is 3.75. The van der Waals surface area contributed by atoms with Crippen molar-refractivity contribution in [3.05, 3.63) is 35.4 Å². The minimum absolute atomic E-state index is 0.807. The third-order valence-corrected chi connectivity index (χ3v) is 5.08. The van der Waals surface area contributed by atoms with Crippen molar-refractivity contribution in [3.8, 4) is 0 Å². The maximum atomic E-state index is 3.59. The lowest BCUT2D eigenvalue weighted by atomic mass is 9.94. The van der Waals surface area contributed by atoms with E-state index < -0.39 is 0 Å². The van der Waals surface area contributed by atoms with Crippen molar-refractivity contribution < 1.29 is 0 Å². The van der Waals surface area contributed by atoms with E-state index in [-0.39, 0.29) is 0 Å². The Bertz CT molecular complexity index is 416. The zero-order chi connectivity index (χ0) is 14.5. The summed E-state index contributed by atoms with van der Waals surface area (Å²) in [4.78, 5) is 2.56. The number of nitrogens with zero attached hydrogens (tertiary/aromatic N) is 1. The second kappa shape index (κ2) is 7.42. The van der Waals surface area contributed by atoms with Crippen molar-refractivity contribution in [3.63, 3.8) is 0 Å². The van der Waals surface area contributed by atoms with Crippen LogP contribution in [0.1, 0.15) is 56.1 Å². The van der Waals surface area contributed by atoms with Gasteiger partial charge in [0.1, 0.15) is 0 Å². The average molecular weight is 286 g/mol. The van der Waals surface area contributed by atoms with Gasteiger partial charge < -0.3 is 5.32 Å². The summed E-state index contributed by atoms with van der Waals surface area (Å²) in [5.74, 6) is 0. The molecule has 0 atom stereocenters. The van der Waals surface area contributed by atoms with E-state index in [1.165, 1.54) is 56.1 Å². The molecule has 0 radical (unpaired) electrons. The molecule has 2 nitrogen and oxygen atoms in total. The Hall–Kier alpha value is -0.860. The molecule has 2 aliphatic rings. The molecule has 0 spiro atoms. The number of hydrogen-bond acceptors (Lipinski definition) is 2. The molecule has 116 valence electrons. The van der Waals surface area contributed by atoms with Crippen LogP contribution < -0.4 is 5.32 Å². The van der Waals surface area contributed by atoms with Crippen LogP contribution >= 0.6 is 0 Å². The SMILES string of the molecule is CN(Cc1ccc(CCNC2CC2)cc1)C1CCCCC1. The number of benzene rings is 1. The number of nitrogens with one attached hydrogen (secondary N) is 1. The Labute approximate surface area is 129 Å². The normalized spacial score (nSPS) is 20.1. The maximum Gasteiger partial charge on any atom is 0.0233 e. The summed E-state index contributed by atoms with van der Waals surface area (Å²) in [7, 11) is 2.30. The van der Waals surface area contributed by atoms with E-state index in [2.05, 4.69) is 41.5 Å². The number of hydrogen-bond donors (Lipinski definition) is 1. The predicted molar refractivity (Wildman–Crippen MR) is 89.5 cm³/mol. The summed E-state index contributed by atoms with van der Waals surface area (Å²) in [5, 5.41) is 3.59. The van der Waals surface area contributed by atoms with Gasteiger partial charge in [-0.15, -0.1) is 0 Å². The highest BCUT2D eigenvalue weighted by atomic mass is 15.1. The van der Waals surface area contributed by atoms with E-state index in [0.717, 1.165) is 31.6 Å².